The molecule has 6 heteroatoms. The van der Waals surface area contributed by atoms with Crippen LogP contribution in [0.3, 0.4) is 0 Å². The van der Waals surface area contributed by atoms with Crippen LogP contribution in [-0.2, 0) is 28.6 Å². The van der Waals surface area contributed by atoms with Crippen molar-refractivity contribution in [2.24, 2.45) is 0 Å². The highest BCUT2D eigenvalue weighted by Crippen LogP contribution is 2.14. The van der Waals surface area contributed by atoms with Crippen LogP contribution in [0.25, 0.3) is 0 Å². The van der Waals surface area contributed by atoms with Crippen LogP contribution in [0.1, 0.15) is 258 Å². The molecule has 0 bridgehead atoms. The molecular weight excluding hydrogens is 865 g/mol. The normalized spacial score (nSPS) is 12.9. The zero-order chi connectivity index (χ0) is 50.7. The minimum atomic E-state index is -0.782. The Balaban J connectivity index is 4.12. The molecular formula is C64H106O6. The third-order valence-corrected chi connectivity index (χ3v) is 12.0. The molecule has 1 unspecified atom stereocenters. The number of esters is 3. The van der Waals surface area contributed by atoms with Gasteiger partial charge in [-0.1, -0.05) is 246 Å². The van der Waals surface area contributed by atoms with Gasteiger partial charge < -0.3 is 14.2 Å². The van der Waals surface area contributed by atoms with E-state index in [2.05, 4.69) is 130 Å². The van der Waals surface area contributed by atoms with Crippen molar-refractivity contribution in [3.63, 3.8) is 0 Å². The second kappa shape index (κ2) is 57.6. The van der Waals surface area contributed by atoms with E-state index in [-0.39, 0.29) is 31.1 Å². The van der Waals surface area contributed by atoms with E-state index in [0.29, 0.717) is 19.3 Å². The predicted molar refractivity (Wildman–Crippen MR) is 302 cm³/mol. The van der Waals surface area contributed by atoms with E-state index in [4.69, 9.17) is 14.2 Å². The molecule has 0 radical (unpaired) electrons. The van der Waals surface area contributed by atoms with E-state index in [0.717, 1.165) is 135 Å². The van der Waals surface area contributed by atoms with Crippen molar-refractivity contribution in [1.82, 2.24) is 0 Å². The van der Waals surface area contributed by atoms with Crippen LogP contribution in [0.15, 0.2) is 109 Å². The molecule has 0 spiro atoms. The van der Waals surface area contributed by atoms with Crippen molar-refractivity contribution in [3.8, 4) is 0 Å². The Morgan fingerprint density at radius 1 is 0.300 bits per heavy atom. The lowest BCUT2D eigenvalue weighted by Crippen LogP contribution is -2.30. The van der Waals surface area contributed by atoms with Gasteiger partial charge in [0.15, 0.2) is 6.10 Å². The number of ether oxygens (including phenoxy) is 3. The minimum absolute atomic E-state index is 0.0826. The molecule has 0 aromatic carbocycles. The Morgan fingerprint density at radius 3 is 0.943 bits per heavy atom. The van der Waals surface area contributed by atoms with Gasteiger partial charge in [-0.3, -0.25) is 14.4 Å². The Kier molecular flexibility index (Phi) is 54.4. The summed E-state index contributed by atoms with van der Waals surface area (Å²) in [5, 5.41) is 0. The maximum atomic E-state index is 12.7. The van der Waals surface area contributed by atoms with E-state index >= 15 is 0 Å². The van der Waals surface area contributed by atoms with E-state index < -0.39 is 6.10 Å². The van der Waals surface area contributed by atoms with E-state index in [1.807, 2.05) is 0 Å². The summed E-state index contributed by atoms with van der Waals surface area (Å²) < 4.78 is 16.7. The Labute approximate surface area is 431 Å². The molecule has 6 nitrogen and oxygen atoms in total. The van der Waals surface area contributed by atoms with Crippen molar-refractivity contribution in [1.29, 1.82) is 0 Å². The van der Waals surface area contributed by atoms with Gasteiger partial charge in [-0.25, -0.2) is 0 Å². The van der Waals surface area contributed by atoms with Gasteiger partial charge in [-0.2, -0.15) is 0 Å². The molecule has 0 aliphatic rings. The average Bonchev–Trinajstić information content (AvgIpc) is 3.36. The standard InChI is InChI=1S/C64H106O6/c1-4-7-10-13-16-19-21-22-23-24-25-26-27-28-29-30-31-32-33-34-35-36-37-38-39-40-41-42-43-46-48-51-54-57-63(66)69-60-61(59-68-62(65)56-53-50-47-44-18-15-12-9-6-3)70-64(67)58-55-52-49-45-20-17-14-11-8-5-2/h7,10-11,14,16,19,22-23,25-26,28-29,31-32,34-35,37-38,61H,4-6,8-9,12-13,15,17-18,20-21,24,27,30,33,36,39-60H2,1-3H3/b10-7-,14-11-,19-16-,23-22-,26-25-,29-28-,32-31-,35-34-,38-37-. The van der Waals surface area contributed by atoms with E-state index in [1.165, 1.54) is 83.5 Å². The maximum Gasteiger partial charge on any atom is 0.306 e. The van der Waals surface area contributed by atoms with Crippen molar-refractivity contribution >= 4 is 17.9 Å². The molecule has 0 saturated carbocycles. The van der Waals surface area contributed by atoms with Crippen LogP contribution in [0.5, 0.6) is 0 Å². The zero-order valence-corrected chi connectivity index (χ0v) is 45.5. The summed E-state index contributed by atoms with van der Waals surface area (Å²) >= 11 is 0. The van der Waals surface area contributed by atoms with Gasteiger partial charge in [0, 0.05) is 19.3 Å². The lowest BCUT2D eigenvalue weighted by atomic mass is 10.1. The summed E-state index contributed by atoms with van der Waals surface area (Å²) in [4.78, 5) is 37.9. The van der Waals surface area contributed by atoms with Crippen molar-refractivity contribution < 1.29 is 28.6 Å². The first-order chi connectivity index (χ1) is 34.5. The Bertz CT molecular complexity index is 1440. The second-order valence-corrected chi connectivity index (χ2v) is 18.8. The highest BCUT2D eigenvalue weighted by Gasteiger charge is 2.19. The fraction of sp³-hybridized carbons (Fsp3) is 0.672. The van der Waals surface area contributed by atoms with Crippen LogP contribution in [0.4, 0.5) is 0 Å². The summed E-state index contributed by atoms with van der Waals surface area (Å²) in [6.45, 7) is 6.42. The topological polar surface area (TPSA) is 78.9 Å². The van der Waals surface area contributed by atoms with Gasteiger partial charge in [-0.15, -0.1) is 0 Å². The number of carbonyl (C=O) groups excluding carboxylic acids is 3. The summed E-state index contributed by atoms with van der Waals surface area (Å²) in [6.07, 6.45) is 78.2. The number of hydrogen-bond donors (Lipinski definition) is 0. The Hall–Kier alpha value is -3.93. The predicted octanol–water partition coefficient (Wildman–Crippen LogP) is 19.5. The number of unbranched alkanes of at least 4 members (excludes halogenated alkanes) is 22. The fourth-order valence-electron chi connectivity index (χ4n) is 7.70. The minimum Gasteiger partial charge on any atom is -0.462 e. The highest BCUT2D eigenvalue weighted by atomic mass is 16.6. The maximum absolute atomic E-state index is 12.7. The van der Waals surface area contributed by atoms with Gasteiger partial charge in [0.1, 0.15) is 13.2 Å². The summed E-state index contributed by atoms with van der Waals surface area (Å²) in [5.41, 5.74) is 0. The van der Waals surface area contributed by atoms with Crippen LogP contribution in [-0.4, -0.2) is 37.2 Å². The van der Waals surface area contributed by atoms with Gasteiger partial charge in [-0.05, 0) is 103 Å². The quantitative estimate of drug-likeness (QED) is 0.0262. The van der Waals surface area contributed by atoms with Crippen LogP contribution < -0.4 is 0 Å². The zero-order valence-electron chi connectivity index (χ0n) is 45.5. The first-order valence-electron chi connectivity index (χ1n) is 28.9. The van der Waals surface area contributed by atoms with Crippen LogP contribution >= 0.6 is 0 Å². The van der Waals surface area contributed by atoms with Crippen LogP contribution in [0.2, 0.25) is 0 Å². The number of carbonyl (C=O) groups is 3. The third kappa shape index (κ3) is 55.0. The fourth-order valence-corrected chi connectivity index (χ4v) is 7.70. The SMILES string of the molecule is CC/C=C\C/C=C\C/C=C\C/C=C\C/C=C\C/C=C\C/C=C\C/C=C\CCCCCCCCCCC(=O)OCC(COC(=O)CCCCCCCCCCC)OC(=O)CCCCCCC/C=C\CCC. The van der Waals surface area contributed by atoms with Crippen molar-refractivity contribution in [2.45, 2.75) is 264 Å². The van der Waals surface area contributed by atoms with Crippen LogP contribution in [0, 0.1) is 0 Å². The highest BCUT2D eigenvalue weighted by molar-refractivity contribution is 5.71. The molecule has 0 amide bonds. The average molecular weight is 972 g/mol. The molecule has 398 valence electrons. The van der Waals surface area contributed by atoms with Gasteiger partial charge in [0.05, 0.1) is 0 Å². The van der Waals surface area contributed by atoms with Gasteiger partial charge in [0.2, 0.25) is 0 Å². The first-order valence-corrected chi connectivity index (χ1v) is 28.9. The molecule has 0 aromatic heterocycles. The number of rotatable bonds is 51. The first kappa shape index (κ1) is 66.1. The lowest BCUT2D eigenvalue weighted by molar-refractivity contribution is -0.167. The molecule has 0 aliphatic heterocycles. The second-order valence-electron chi connectivity index (χ2n) is 18.8. The number of allylic oxidation sites excluding steroid dienone is 18. The summed E-state index contributed by atoms with van der Waals surface area (Å²) in [5.74, 6) is -0.907. The molecule has 0 heterocycles. The summed E-state index contributed by atoms with van der Waals surface area (Å²) in [6, 6.07) is 0. The molecule has 0 fully saturated rings. The molecule has 0 rings (SSSR count). The van der Waals surface area contributed by atoms with Crippen molar-refractivity contribution in [2.75, 3.05) is 13.2 Å². The summed E-state index contributed by atoms with van der Waals surface area (Å²) in [7, 11) is 0. The molecule has 0 N–H and O–H groups in total. The van der Waals surface area contributed by atoms with Gasteiger partial charge >= 0.3 is 17.9 Å². The third-order valence-electron chi connectivity index (χ3n) is 12.0. The van der Waals surface area contributed by atoms with Crippen molar-refractivity contribution in [3.05, 3.63) is 109 Å². The Morgan fingerprint density at radius 2 is 0.586 bits per heavy atom. The molecule has 1 atom stereocenters. The molecule has 0 aromatic rings. The molecule has 0 saturated heterocycles. The van der Waals surface area contributed by atoms with Gasteiger partial charge in [0.25, 0.3) is 0 Å². The lowest BCUT2D eigenvalue weighted by Gasteiger charge is -2.18. The molecule has 0 aliphatic carbocycles. The number of hydrogen-bond acceptors (Lipinski definition) is 6. The van der Waals surface area contributed by atoms with E-state index in [1.54, 1.807) is 0 Å². The smallest absolute Gasteiger partial charge is 0.306 e. The van der Waals surface area contributed by atoms with E-state index in [9.17, 15) is 14.4 Å². The monoisotopic (exact) mass is 971 g/mol. The largest absolute Gasteiger partial charge is 0.462 e. The molecule has 70 heavy (non-hydrogen) atoms.